The van der Waals surface area contributed by atoms with Gasteiger partial charge in [0.1, 0.15) is 0 Å². The summed E-state index contributed by atoms with van der Waals surface area (Å²) >= 11 is 8.04. The van der Waals surface area contributed by atoms with Gasteiger partial charge in [-0.2, -0.15) is 0 Å². The van der Waals surface area contributed by atoms with Crippen LogP contribution in [-0.4, -0.2) is 5.54 Å². The second-order valence-electron chi connectivity index (χ2n) is 23.3. The smallest absolute Gasteiger partial charge is 0.0887 e. The van der Waals surface area contributed by atoms with Crippen LogP contribution in [0, 0.1) is 6.92 Å². The molecule has 0 N–H and O–H groups in total. The van der Waals surface area contributed by atoms with E-state index in [1.165, 1.54) is 64.9 Å². The van der Waals surface area contributed by atoms with Crippen molar-refractivity contribution in [1.82, 2.24) is 0 Å². The van der Waals surface area contributed by atoms with E-state index in [0.29, 0.717) is 10.9 Å². The number of aryl methyl sites for hydroxylation is 1. The predicted molar refractivity (Wildman–Crippen MR) is 288 cm³/mol. The van der Waals surface area contributed by atoms with Gasteiger partial charge in [-0.15, -0.1) is 0 Å². The standard InChI is InChI=1S/C62H76ClN3/c1-15-18-43(3)44-19-27-48(28-20-44)64(49-29-21-45(22-30-49)58(4,5)6)55-39-42(2)40-56(57(55)63)65(50-31-23-46(24-32-50)59(7,8)9)52-35-36-53-54(41-52)66(62(14)38-17-16-37-61(53,62)13)51-33-25-47(26-34-51)60(10,11)12/h19-36,39-41,43H,15-18,37-38H2,1-14H3. The SMILES string of the molecule is CCCC(C)c1ccc(N(c2ccc(C(C)(C)C)cc2)c2cc(C)cc(N(c3ccc(C(C)(C)C)cc3)c3ccc4c(c3)N(c3ccc(C(C)(C)C)cc3)C3(C)CCCCC43C)c2Cl)cc1. The van der Waals surface area contributed by atoms with E-state index in [1.54, 1.807) is 0 Å². The van der Waals surface area contributed by atoms with Crippen LogP contribution < -0.4 is 14.7 Å². The van der Waals surface area contributed by atoms with Gasteiger partial charge in [0.2, 0.25) is 0 Å². The van der Waals surface area contributed by atoms with Crippen LogP contribution in [0.1, 0.15) is 168 Å². The number of hydrogen-bond acceptors (Lipinski definition) is 3. The summed E-state index contributed by atoms with van der Waals surface area (Å²) in [5, 5.41) is 0.701. The fourth-order valence-corrected chi connectivity index (χ4v) is 11.3. The third-order valence-corrected chi connectivity index (χ3v) is 15.8. The van der Waals surface area contributed by atoms with Gasteiger partial charge in [0.15, 0.2) is 0 Å². The van der Waals surface area contributed by atoms with Crippen molar-refractivity contribution in [2.75, 3.05) is 14.7 Å². The van der Waals surface area contributed by atoms with Gasteiger partial charge in [0.25, 0.3) is 0 Å². The zero-order chi connectivity index (χ0) is 47.6. The zero-order valence-corrected chi connectivity index (χ0v) is 43.4. The Morgan fingerprint density at radius 1 is 0.576 bits per heavy atom. The van der Waals surface area contributed by atoms with E-state index in [9.17, 15) is 0 Å². The lowest BCUT2D eigenvalue weighted by atomic mass is 9.61. The van der Waals surface area contributed by atoms with Gasteiger partial charge in [0, 0.05) is 39.5 Å². The number of rotatable bonds is 10. The van der Waals surface area contributed by atoms with E-state index in [2.05, 4.69) is 239 Å². The Balaban J connectivity index is 1.34. The quantitative estimate of drug-likeness (QED) is 0.136. The van der Waals surface area contributed by atoms with Gasteiger partial charge in [0.05, 0.1) is 21.9 Å². The van der Waals surface area contributed by atoms with Crippen LogP contribution in [-0.2, 0) is 21.7 Å². The third-order valence-electron chi connectivity index (χ3n) is 15.4. The molecule has 4 heteroatoms. The highest BCUT2D eigenvalue weighted by molar-refractivity contribution is 6.36. The first-order valence-corrected chi connectivity index (χ1v) is 25.2. The van der Waals surface area contributed by atoms with E-state index >= 15 is 0 Å². The minimum absolute atomic E-state index is 0.00205. The molecule has 8 rings (SSSR count). The Morgan fingerprint density at radius 2 is 1.00 bits per heavy atom. The van der Waals surface area contributed by atoms with Gasteiger partial charge in [-0.1, -0.05) is 169 Å². The molecule has 1 aliphatic carbocycles. The number of fused-ring (bicyclic) bond motifs is 3. The number of nitrogens with zero attached hydrogens (tertiary/aromatic N) is 3. The zero-order valence-electron chi connectivity index (χ0n) is 42.7. The Kier molecular flexibility index (Phi) is 12.7. The highest BCUT2D eigenvalue weighted by Gasteiger charge is 2.57. The molecular formula is C62H76ClN3. The molecule has 3 nitrogen and oxygen atoms in total. The molecule has 0 spiro atoms. The van der Waals surface area contributed by atoms with E-state index in [-0.39, 0.29) is 27.2 Å². The van der Waals surface area contributed by atoms with Crippen LogP contribution in [0.25, 0.3) is 0 Å². The van der Waals surface area contributed by atoms with Crippen LogP contribution in [0.3, 0.4) is 0 Å². The van der Waals surface area contributed by atoms with Crippen LogP contribution in [0.2, 0.25) is 5.02 Å². The van der Waals surface area contributed by atoms with Gasteiger partial charge in [-0.3, -0.25) is 0 Å². The molecule has 1 fully saturated rings. The van der Waals surface area contributed by atoms with Crippen molar-refractivity contribution in [2.24, 2.45) is 0 Å². The number of anilines is 8. The van der Waals surface area contributed by atoms with Gasteiger partial charge in [-0.05, 0) is 161 Å². The van der Waals surface area contributed by atoms with Gasteiger partial charge >= 0.3 is 0 Å². The highest BCUT2D eigenvalue weighted by atomic mass is 35.5. The van der Waals surface area contributed by atoms with E-state index in [4.69, 9.17) is 11.6 Å². The largest absolute Gasteiger partial charge is 0.334 e. The maximum Gasteiger partial charge on any atom is 0.0887 e. The molecule has 1 heterocycles. The molecule has 0 bridgehead atoms. The summed E-state index contributed by atoms with van der Waals surface area (Å²) in [6.45, 7) is 32.4. The summed E-state index contributed by atoms with van der Waals surface area (Å²) in [5.41, 5.74) is 16.7. The van der Waals surface area contributed by atoms with Crippen molar-refractivity contribution in [3.8, 4) is 0 Å². The molecule has 1 saturated carbocycles. The molecule has 0 aromatic heterocycles. The topological polar surface area (TPSA) is 9.72 Å². The molecule has 3 unspecified atom stereocenters. The van der Waals surface area contributed by atoms with Gasteiger partial charge in [-0.25, -0.2) is 0 Å². The molecule has 6 aromatic carbocycles. The molecule has 1 aliphatic heterocycles. The third kappa shape index (κ3) is 8.71. The number of halogens is 1. The summed E-state index contributed by atoms with van der Waals surface area (Å²) < 4.78 is 0. The van der Waals surface area contributed by atoms with Crippen molar-refractivity contribution in [2.45, 2.75) is 169 Å². The van der Waals surface area contributed by atoms with Crippen molar-refractivity contribution in [3.05, 3.63) is 166 Å². The van der Waals surface area contributed by atoms with Gasteiger partial charge < -0.3 is 14.7 Å². The summed E-state index contributed by atoms with van der Waals surface area (Å²) in [7, 11) is 0. The van der Waals surface area contributed by atoms with Crippen LogP contribution >= 0.6 is 11.6 Å². The lowest BCUT2D eigenvalue weighted by molar-refractivity contribution is 0.195. The maximum absolute atomic E-state index is 8.04. The monoisotopic (exact) mass is 898 g/mol. The maximum atomic E-state index is 8.04. The average molecular weight is 899 g/mol. The Bertz CT molecular complexity index is 2660. The second-order valence-corrected chi connectivity index (χ2v) is 23.7. The van der Waals surface area contributed by atoms with Crippen molar-refractivity contribution >= 4 is 57.1 Å². The first-order chi connectivity index (χ1) is 31.0. The summed E-state index contributed by atoms with van der Waals surface area (Å²) in [6.07, 6.45) is 7.12. The van der Waals surface area contributed by atoms with Crippen molar-refractivity contribution in [3.63, 3.8) is 0 Å². The molecule has 2 aliphatic rings. The number of benzene rings is 6. The van der Waals surface area contributed by atoms with Crippen molar-refractivity contribution < 1.29 is 0 Å². The minimum atomic E-state index is -0.0737. The molecule has 66 heavy (non-hydrogen) atoms. The summed E-state index contributed by atoms with van der Waals surface area (Å²) in [6, 6.07) is 48.7. The van der Waals surface area contributed by atoms with Crippen molar-refractivity contribution in [1.29, 1.82) is 0 Å². The lowest BCUT2D eigenvalue weighted by Gasteiger charge is -2.50. The fourth-order valence-electron chi connectivity index (χ4n) is 11.1. The molecule has 346 valence electrons. The first-order valence-electron chi connectivity index (χ1n) is 24.8. The lowest BCUT2D eigenvalue weighted by Crippen LogP contribution is -2.54. The molecule has 0 saturated heterocycles. The molecular weight excluding hydrogens is 822 g/mol. The Labute approximate surface area is 404 Å². The Morgan fingerprint density at radius 3 is 1.47 bits per heavy atom. The Hall–Kier alpha value is -4.99. The van der Waals surface area contributed by atoms with E-state index in [1.807, 2.05) is 0 Å². The average Bonchev–Trinajstić information content (AvgIpc) is 3.47. The molecule has 6 aromatic rings. The predicted octanol–water partition coefficient (Wildman–Crippen LogP) is 19.1. The second kappa shape index (κ2) is 17.6. The summed E-state index contributed by atoms with van der Waals surface area (Å²) in [5.74, 6) is 0.496. The molecule has 0 amide bonds. The molecule has 0 radical (unpaired) electrons. The normalized spacial score (nSPS) is 19.0. The first kappa shape index (κ1) is 47.5. The minimum Gasteiger partial charge on any atom is -0.334 e. The van der Waals surface area contributed by atoms with E-state index in [0.717, 1.165) is 52.5 Å². The van der Waals surface area contributed by atoms with Crippen LogP contribution in [0.15, 0.2) is 127 Å². The fraction of sp³-hybridized carbons (Fsp3) is 0.419. The summed E-state index contributed by atoms with van der Waals surface area (Å²) in [4.78, 5) is 7.48. The molecule has 3 atom stereocenters. The van der Waals surface area contributed by atoms with Crippen LogP contribution in [0.4, 0.5) is 45.5 Å². The van der Waals surface area contributed by atoms with Crippen LogP contribution in [0.5, 0.6) is 0 Å². The highest BCUT2D eigenvalue weighted by Crippen LogP contribution is 2.62. The van der Waals surface area contributed by atoms with E-state index < -0.39 is 0 Å². The number of hydrogen-bond donors (Lipinski definition) is 0.